The molecule has 1 aliphatic heterocycles. The van der Waals surface area contributed by atoms with E-state index >= 15 is 0 Å². The standard InChI is InChI=1S/C29H26N4O4/c34-27(31-23-14-8-3-9-15-23)24-16-17-26-30-18-25(28(35)33(24)26)32(19-21-10-4-1-5-11-21)29(36)37-20-22-12-6-2-7-13-22/h1-15,18,24H,16-17,19-20H2,(H,31,34). The summed E-state index contributed by atoms with van der Waals surface area (Å²) in [6, 6.07) is 27.0. The molecule has 37 heavy (non-hydrogen) atoms. The van der Waals surface area contributed by atoms with Gasteiger partial charge in [-0.2, -0.15) is 0 Å². The van der Waals surface area contributed by atoms with E-state index in [9.17, 15) is 14.4 Å². The normalized spacial score (nSPS) is 14.0. The molecule has 1 aromatic heterocycles. The number of para-hydroxylation sites is 1. The van der Waals surface area contributed by atoms with Crippen molar-refractivity contribution < 1.29 is 14.3 Å². The summed E-state index contributed by atoms with van der Waals surface area (Å²) in [7, 11) is 0. The topological polar surface area (TPSA) is 93.5 Å². The Labute approximate surface area is 214 Å². The Morgan fingerprint density at radius 1 is 0.919 bits per heavy atom. The fourth-order valence-electron chi connectivity index (χ4n) is 4.39. The second kappa shape index (κ2) is 10.9. The van der Waals surface area contributed by atoms with E-state index in [-0.39, 0.29) is 24.7 Å². The minimum atomic E-state index is -0.728. The summed E-state index contributed by atoms with van der Waals surface area (Å²) >= 11 is 0. The SMILES string of the molecule is O=C(Nc1ccccc1)C1CCc2ncc(N(Cc3ccccc3)C(=O)OCc3ccccc3)c(=O)n21. The summed E-state index contributed by atoms with van der Waals surface area (Å²) < 4.78 is 6.98. The Morgan fingerprint density at radius 2 is 1.54 bits per heavy atom. The van der Waals surface area contributed by atoms with Crippen molar-refractivity contribution in [2.24, 2.45) is 0 Å². The Balaban J connectivity index is 1.45. The van der Waals surface area contributed by atoms with Gasteiger partial charge >= 0.3 is 6.09 Å². The first kappa shape index (κ1) is 24.0. The van der Waals surface area contributed by atoms with Crippen molar-refractivity contribution in [1.29, 1.82) is 0 Å². The van der Waals surface area contributed by atoms with Crippen molar-refractivity contribution in [3.8, 4) is 0 Å². The van der Waals surface area contributed by atoms with Crippen LogP contribution in [-0.2, 0) is 29.1 Å². The number of carbonyl (C=O) groups excluding carboxylic acids is 2. The molecule has 0 aliphatic carbocycles. The first-order valence-corrected chi connectivity index (χ1v) is 12.1. The lowest BCUT2D eigenvalue weighted by Crippen LogP contribution is -2.39. The van der Waals surface area contributed by atoms with Gasteiger partial charge in [0.05, 0.1) is 12.7 Å². The fraction of sp³-hybridized carbons (Fsp3) is 0.172. The van der Waals surface area contributed by atoms with E-state index in [0.717, 1.165) is 11.1 Å². The predicted octanol–water partition coefficient (Wildman–Crippen LogP) is 4.71. The van der Waals surface area contributed by atoms with Crippen LogP contribution in [0.15, 0.2) is 102 Å². The number of aryl methyl sites for hydroxylation is 1. The monoisotopic (exact) mass is 494 g/mol. The van der Waals surface area contributed by atoms with Crippen molar-refractivity contribution in [3.63, 3.8) is 0 Å². The average molecular weight is 495 g/mol. The van der Waals surface area contributed by atoms with Crippen molar-refractivity contribution in [2.75, 3.05) is 10.2 Å². The number of aromatic nitrogens is 2. The maximum atomic E-state index is 13.7. The zero-order valence-corrected chi connectivity index (χ0v) is 20.1. The Kier molecular flexibility index (Phi) is 7.07. The van der Waals surface area contributed by atoms with Gasteiger partial charge < -0.3 is 10.1 Å². The van der Waals surface area contributed by atoms with Gasteiger partial charge in [-0.3, -0.25) is 19.1 Å². The predicted molar refractivity (Wildman–Crippen MR) is 140 cm³/mol. The van der Waals surface area contributed by atoms with E-state index in [1.165, 1.54) is 15.7 Å². The number of ether oxygens (including phenoxy) is 1. The molecule has 1 N–H and O–H groups in total. The van der Waals surface area contributed by atoms with E-state index in [1.807, 2.05) is 78.9 Å². The molecule has 1 aliphatic rings. The lowest BCUT2D eigenvalue weighted by molar-refractivity contribution is -0.119. The third kappa shape index (κ3) is 5.43. The highest BCUT2D eigenvalue weighted by Gasteiger charge is 2.33. The maximum Gasteiger partial charge on any atom is 0.415 e. The maximum absolute atomic E-state index is 13.7. The Morgan fingerprint density at radius 3 is 2.22 bits per heavy atom. The smallest absolute Gasteiger partial charge is 0.415 e. The number of benzene rings is 3. The van der Waals surface area contributed by atoms with E-state index < -0.39 is 17.7 Å². The third-order valence-corrected chi connectivity index (χ3v) is 6.25. The van der Waals surface area contributed by atoms with Crippen LogP contribution in [0.1, 0.15) is 29.4 Å². The second-order valence-electron chi connectivity index (χ2n) is 8.76. The molecule has 186 valence electrons. The van der Waals surface area contributed by atoms with Crippen LogP contribution in [0.4, 0.5) is 16.2 Å². The number of hydrogen-bond acceptors (Lipinski definition) is 5. The first-order valence-electron chi connectivity index (χ1n) is 12.1. The molecule has 2 heterocycles. The molecule has 0 saturated heterocycles. The minimum Gasteiger partial charge on any atom is -0.444 e. The van der Waals surface area contributed by atoms with Gasteiger partial charge in [-0.05, 0) is 29.7 Å². The zero-order chi connectivity index (χ0) is 25.6. The molecule has 2 amide bonds. The van der Waals surface area contributed by atoms with Crippen LogP contribution in [0.2, 0.25) is 0 Å². The fourth-order valence-corrected chi connectivity index (χ4v) is 4.39. The van der Waals surface area contributed by atoms with Crippen LogP contribution in [0, 0.1) is 0 Å². The summed E-state index contributed by atoms with van der Waals surface area (Å²) in [5.41, 5.74) is 1.90. The summed E-state index contributed by atoms with van der Waals surface area (Å²) in [6.45, 7) is 0.179. The number of anilines is 2. The average Bonchev–Trinajstić information content (AvgIpc) is 3.38. The molecule has 0 bridgehead atoms. The molecule has 5 rings (SSSR count). The van der Waals surface area contributed by atoms with E-state index in [2.05, 4.69) is 10.3 Å². The van der Waals surface area contributed by atoms with Gasteiger partial charge in [0.1, 0.15) is 24.2 Å². The van der Waals surface area contributed by atoms with Crippen molar-refractivity contribution >= 4 is 23.4 Å². The molecular weight excluding hydrogens is 468 g/mol. The molecular formula is C29H26N4O4. The van der Waals surface area contributed by atoms with Crippen LogP contribution in [-0.4, -0.2) is 21.6 Å². The number of nitrogens with one attached hydrogen (secondary N) is 1. The number of hydrogen-bond donors (Lipinski definition) is 1. The number of rotatable bonds is 7. The molecule has 1 unspecified atom stereocenters. The van der Waals surface area contributed by atoms with Crippen LogP contribution in [0.3, 0.4) is 0 Å². The van der Waals surface area contributed by atoms with E-state index in [0.29, 0.717) is 24.4 Å². The zero-order valence-electron chi connectivity index (χ0n) is 20.1. The number of fused-ring (bicyclic) bond motifs is 1. The van der Waals surface area contributed by atoms with Gasteiger partial charge in [0.2, 0.25) is 5.91 Å². The van der Waals surface area contributed by atoms with E-state index in [1.54, 1.807) is 12.1 Å². The lowest BCUT2D eigenvalue weighted by atomic mass is 10.2. The highest BCUT2D eigenvalue weighted by atomic mass is 16.6. The van der Waals surface area contributed by atoms with Gasteiger partial charge in [-0.25, -0.2) is 9.78 Å². The first-order chi connectivity index (χ1) is 18.1. The van der Waals surface area contributed by atoms with Gasteiger partial charge in [0.15, 0.2) is 0 Å². The quantitative estimate of drug-likeness (QED) is 0.402. The van der Waals surface area contributed by atoms with Crippen molar-refractivity contribution in [3.05, 3.63) is 124 Å². The Bertz CT molecular complexity index is 1440. The van der Waals surface area contributed by atoms with E-state index in [4.69, 9.17) is 4.74 Å². The highest BCUT2D eigenvalue weighted by Crippen LogP contribution is 2.26. The Hall–Kier alpha value is -4.72. The van der Waals surface area contributed by atoms with Gasteiger partial charge in [-0.15, -0.1) is 0 Å². The van der Waals surface area contributed by atoms with Crippen LogP contribution in [0.5, 0.6) is 0 Å². The van der Waals surface area contributed by atoms with Gasteiger partial charge in [0.25, 0.3) is 5.56 Å². The molecule has 8 heteroatoms. The molecule has 8 nitrogen and oxygen atoms in total. The number of amides is 2. The van der Waals surface area contributed by atoms with Gasteiger partial charge in [-0.1, -0.05) is 78.9 Å². The highest BCUT2D eigenvalue weighted by molar-refractivity contribution is 5.94. The summed E-state index contributed by atoms with van der Waals surface area (Å²) in [5.74, 6) is 0.214. The molecule has 0 saturated carbocycles. The van der Waals surface area contributed by atoms with Crippen molar-refractivity contribution in [2.45, 2.75) is 32.0 Å². The molecule has 1 atom stereocenters. The third-order valence-electron chi connectivity index (χ3n) is 6.25. The number of nitrogens with zero attached hydrogens (tertiary/aromatic N) is 3. The van der Waals surface area contributed by atoms with Crippen molar-refractivity contribution in [1.82, 2.24) is 9.55 Å². The minimum absolute atomic E-state index is 0.0603. The van der Waals surface area contributed by atoms with Crippen LogP contribution in [0.25, 0.3) is 0 Å². The molecule has 0 radical (unpaired) electrons. The van der Waals surface area contributed by atoms with Crippen LogP contribution >= 0.6 is 0 Å². The molecule has 4 aromatic rings. The molecule has 3 aromatic carbocycles. The molecule has 0 spiro atoms. The summed E-state index contributed by atoms with van der Waals surface area (Å²) in [4.78, 5) is 45.8. The van der Waals surface area contributed by atoms with Gasteiger partial charge in [0, 0.05) is 12.1 Å². The second-order valence-corrected chi connectivity index (χ2v) is 8.76. The summed E-state index contributed by atoms with van der Waals surface area (Å²) in [5, 5.41) is 2.87. The largest absolute Gasteiger partial charge is 0.444 e. The lowest BCUT2D eigenvalue weighted by Gasteiger charge is -2.23. The number of carbonyl (C=O) groups is 2. The summed E-state index contributed by atoms with van der Waals surface area (Å²) in [6.07, 6.45) is 1.66. The van der Waals surface area contributed by atoms with Crippen LogP contribution < -0.4 is 15.8 Å². The molecule has 0 fully saturated rings.